The van der Waals surface area contributed by atoms with Gasteiger partial charge in [-0.1, -0.05) is 6.07 Å². The van der Waals surface area contributed by atoms with E-state index in [-0.39, 0.29) is 17.8 Å². The second-order valence-corrected chi connectivity index (χ2v) is 5.81. The molecule has 3 rings (SSSR count). The van der Waals surface area contributed by atoms with Gasteiger partial charge in [-0.25, -0.2) is 0 Å². The number of H-pyrrole nitrogens is 1. The van der Waals surface area contributed by atoms with E-state index >= 15 is 0 Å². The predicted octanol–water partition coefficient (Wildman–Crippen LogP) is 0.678. The quantitative estimate of drug-likeness (QED) is 0.640. The Kier molecular flexibility index (Phi) is 4.95. The fourth-order valence-corrected chi connectivity index (χ4v) is 2.86. The van der Waals surface area contributed by atoms with Crippen LogP contribution in [0.3, 0.4) is 0 Å². The molecule has 8 heteroatoms. The summed E-state index contributed by atoms with van der Waals surface area (Å²) in [7, 11) is 1.60. The van der Waals surface area contributed by atoms with Crippen molar-refractivity contribution in [2.24, 2.45) is 5.92 Å². The van der Waals surface area contributed by atoms with E-state index < -0.39 is 0 Å². The number of nitrogen functional groups attached to an aromatic ring is 1. The van der Waals surface area contributed by atoms with Crippen molar-refractivity contribution in [3.63, 3.8) is 0 Å². The first kappa shape index (κ1) is 16.3. The summed E-state index contributed by atoms with van der Waals surface area (Å²) in [5.74, 6) is 1.60. The highest BCUT2D eigenvalue weighted by Crippen LogP contribution is 2.26. The van der Waals surface area contributed by atoms with E-state index in [1.54, 1.807) is 7.11 Å². The predicted molar refractivity (Wildman–Crippen MR) is 90.2 cm³/mol. The van der Waals surface area contributed by atoms with Crippen molar-refractivity contribution in [2.75, 3.05) is 25.9 Å². The zero-order chi connectivity index (χ0) is 16.9. The van der Waals surface area contributed by atoms with Crippen molar-refractivity contribution in [3.8, 4) is 17.1 Å². The van der Waals surface area contributed by atoms with Gasteiger partial charge in [0.2, 0.25) is 11.9 Å². The van der Waals surface area contributed by atoms with Gasteiger partial charge in [-0.15, -0.1) is 5.10 Å². The number of hydrogen-bond donors (Lipinski definition) is 4. The van der Waals surface area contributed by atoms with Crippen LogP contribution in [0.1, 0.15) is 18.4 Å². The Hall–Kier alpha value is -2.61. The molecule has 5 N–H and O–H groups in total. The van der Waals surface area contributed by atoms with Crippen LogP contribution in [0.4, 0.5) is 5.95 Å². The Balaban J connectivity index is 1.76. The number of carbonyl (C=O) groups is 1. The first-order valence-electron chi connectivity index (χ1n) is 8.01. The summed E-state index contributed by atoms with van der Waals surface area (Å²) in [6, 6.07) is 5.62. The average Bonchev–Trinajstić information content (AvgIpc) is 3.06. The molecule has 1 aromatic carbocycles. The van der Waals surface area contributed by atoms with Crippen molar-refractivity contribution in [1.82, 2.24) is 25.8 Å². The Morgan fingerprint density at radius 1 is 1.42 bits per heavy atom. The smallest absolute Gasteiger partial charge is 0.239 e. The minimum Gasteiger partial charge on any atom is -0.497 e. The number of piperidine rings is 1. The molecule has 8 nitrogen and oxygen atoms in total. The normalized spacial score (nSPS) is 15.2. The maximum atomic E-state index is 12.3. The molecule has 1 fully saturated rings. The van der Waals surface area contributed by atoms with E-state index in [2.05, 4.69) is 25.8 Å². The number of hydrogen-bond acceptors (Lipinski definition) is 6. The zero-order valence-electron chi connectivity index (χ0n) is 13.6. The van der Waals surface area contributed by atoms with Gasteiger partial charge >= 0.3 is 0 Å². The molecule has 1 aromatic heterocycles. The zero-order valence-corrected chi connectivity index (χ0v) is 13.6. The molecule has 0 radical (unpaired) electrons. The molecule has 0 aliphatic carbocycles. The van der Waals surface area contributed by atoms with Crippen LogP contribution < -0.4 is 21.1 Å². The van der Waals surface area contributed by atoms with Gasteiger partial charge < -0.3 is 21.1 Å². The summed E-state index contributed by atoms with van der Waals surface area (Å²) in [5, 5.41) is 13.0. The third kappa shape index (κ3) is 3.65. The number of aromatic nitrogens is 3. The van der Waals surface area contributed by atoms with E-state index in [4.69, 9.17) is 10.5 Å². The maximum absolute atomic E-state index is 12.3. The van der Waals surface area contributed by atoms with Gasteiger partial charge in [-0.2, -0.15) is 4.98 Å². The van der Waals surface area contributed by atoms with Crippen molar-refractivity contribution in [1.29, 1.82) is 0 Å². The van der Waals surface area contributed by atoms with Gasteiger partial charge in [0, 0.05) is 18.0 Å². The monoisotopic (exact) mass is 330 g/mol. The molecule has 1 aliphatic rings. The molecule has 0 spiro atoms. The van der Waals surface area contributed by atoms with Gasteiger partial charge in [-0.05, 0) is 43.6 Å². The van der Waals surface area contributed by atoms with Crippen LogP contribution in [-0.2, 0) is 11.3 Å². The molecule has 2 heterocycles. The van der Waals surface area contributed by atoms with Crippen LogP contribution in [0, 0.1) is 5.92 Å². The van der Waals surface area contributed by atoms with Crippen molar-refractivity contribution in [2.45, 2.75) is 19.4 Å². The van der Waals surface area contributed by atoms with Crippen LogP contribution in [-0.4, -0.2) is 41.3 Å². The number of carbonyl (C=O) groups excluding carboxylic acids is 1. The van der Waals surface area contributed by atoms with Crippen LogP contribution in [0.15, 0.2) is 18.2 Å². The number of rotatable bonds is 5. The molecule has 2 aromatic rings. The lowest BCUT2D eigenvalue weighted by atomic mass is 9.97. The third-order valence-corrected chi connectivity index (χ3v) is 4.24. The molecule has 1 aliphatic heterocycles. The summed E-state index contributed by atoms with van der Waals surface area (Å²) < 4.78 is 5.27. The van der Waals surface area contributed by atoms with E-state index in [9.17, 15) is 4.79 Å². The third-order valence-electron chi connectivity index (χ3n) is 4.24. The second-order valence-electron chi connectivity index (χ2n) is 5.81. The number of anilines is 1. The number of aromatic amines is 1. The fraction of sp³-hybridized carbons (Fsp3) is 0.438. The number of nitrogens with two attached hydrogens (primary N) is 1. The first-order chi connectivity index (χ1) is 11.7. The molecule has 0 unspecified atom stereocenters. The minimum atomic E-state index is 0.0777. The standard InChI is InChI=1S/C16H22N6O2/c1-24-12-3-2-11(13(8-12)14-20-16(17)22-21-14)9-19-15(23)10-4-6-18-7-5-10/h2-3,8,10,18H,4-7,9H2,1H3,(H,19,23)(H3,17,20,21,22). The molecule has 0 saturated carbocycles. The largest absolute Gasteiger partial charge is 0.497 e. The Morgan fingerprint density at radius 3 is 2.88 bits per heavy atom. The number of methoxy groups -OCH3 is 1. The number of nitrogens with zero attached hydrogens (tertiary/aromatic N) is 2. The summed E-state index contributed by atoms with van der Waals surface area (Å²) in [6.07, 6.45) is 1.75. The van der Waals surface area contributed by atoms with E-state index in [0.29, 0.717) is 18.1 Å². The van der Waals surface area contributed by atoms with E-state index in [1.807, 2.05) is 18.2 Å². The minimum absolute atomic E-state index is 0.0777. The number of ether oxygens (including phenoxy) is 1. The SMILES string of the molecule is COc1ccc(CNC(=O)C2CCNCC2)c(-c2nc(N)n[nH]2)c1. The summed E-state index contributed by atoms with van der Waals surface area (Å²) in [6.45, 7) is 2.20. The lowest BCUT2D eigenvalue weighted by Crippen LogP contribution is -2.37. The highest BCUT2D eigenvalue weighted by molar-refractivity contribution is 5.79. The van der Waals surface area contributed by atoms with Gasteiger partial charge in [0.15, 0.2) is 5.82 Å². The van der Waals surface area contributed by atoms with Gasteiger partial charge in [0.05, 0.1) is 7.11 Å². The summed E-state index contributed by atoms with van der Waals surface area (Å²) in [5.41, 5.74) is 7.33. The summed E-state index contributed by atoms with van der Waals surface area (Å²) >= 11 is 0. The number of benzene rings is 1. The average molecular weight is 330 g/mol. The Morgan fingerprint density at radius 2 is 2.21 bits per heavy atom. The van der Waals surface area contributed by atoms with Crippen LogP contribution >= 0.6 is 0 Å². The van der Waals surface area contributed by atoms with Crippen LogP contribution in [0.25, 0.3) is 11.4 Å². The number of amides is 1. The maximum Gasteiger partial charge on any atom is 0.239 e. The van der Waals surface area contributed by atoms with Gasteiger partial charge in [0.25, 0.3) is 0 Å². The molecule has 0 bridgehead atoms. The topological polar surface area (TPSA) is 118 Å². The molecule has 1 saturated heterocycles. The van der Waals surface area contributed by atoms with Gasteiger partial charge in [0.1, 0.15) is 5.75 Å². The van der Waals surface area contributed by atoms with Crippen molar-refractivity contribution < 1.29 is 9.53 Å². The molecule has 128 valence electrons. The Bertz CT molecular complexity index is 708. The highest BCUT2D eigenvalue weighted by Gasteiger charge is 2.21. The molecule has 24 heavy (non-hydrogen) atoms. The van der Waals surface area contributed by atoms with Crippen molar-refractivity contribution >= 4 is 11.9 Å². The van der Waals surface area contributed by atoms with Gasteiger partial charge in [-0.3, -0.25) is 9.89 Å². The molecular formula is C16H22N6O2. The lowest BCUT2D eigenvalue weighted by molar-refractivity contribution is -0.125. The number of nitrogens with one attached hydrogen (secondary N) is 3. The fourth-order valence-electron chi connectivity index (χ4n) is 2.86. The summed E-state index contributed by atoms with van der Waals surface area (Å²) in [4.78, 5) is 16.5. The van der Waals surface area contributed by atoms with Crippen molar-refractivity contribution in [3.05, 3.63) is 23.8 Å². The molecular weight excluding hydrogens is 308 g/mol. The molecule has 0 atom stereocenters. The van der Waals surface area contributed by atoms with Crippen LogP contribution in [0.2, 0.25) is 0 Å². The van der Waals surface area contributed by atoms with E-state index in [1.165, 1.54) is 0 Å². The molecule has 1 amide bonds. The lowest BCUT2D eigenvalue weighted by Gasteiger charge is -2.22. The first-order valence-corrected chi connectivity index (χ1v) is 8.01. The second kappa shape index (κ2) is 7.31. The highest BCUT2D eigenvalue weighted by atomic mass is 16.5. The Labute approximate surface area is 140 Å². The van der Waals surface area contributed by atoms with Crippen LogP contribution in [0.5, 0.6) is 5.75 Å². The van der Waals surface area contributed by atoms with E-state index in [0.717, 1.165) is 37.1 Å².